The van der Waals surface area contributed by atoms with Crippen LogP contribution in [0.1, 0.15) is 64.7 Å². The zero-order valence-corrected chi connectivity index (χ0v) is 21.3. The summed E-state index contributed by atoms with van der Waals surface area (Å²) in [5.41, 5.74) is 0. The van der Waals surface area contributed by atoms with Crippen molar-refractivity contribution in [3.8, 4) is 0 Å². The van der Waals surface area contributed by atoms with Gasteiger partial charge in [0.25, 0.3) is 0 Å². The number of aliphatic hydroxyl groups excluding tert-OH is 3. The summed E-state index contributed by atoms with van der Waals surface area (Å²) in [6.45, 7) is 2.26. The number of esters is 1. The van der Waals surface area contributed by atoms with E-state index in [-0.39, 0.29) is 48.7 Å². The molecule has 178 valence electrons. The molecule has 0 aromatic heterocycles. The molecule has 1 rings (SSSR count). The summed E-state index contributed by atoms with van der Waals surface area (Å²) in [6.07, 6.45) is 0.365. The molecule has 12 heteroatoms. The molecule has 1 saturated heterocycles. The van der Waals surface area contributed by atoms with E-state index in [1.165, 1.54) is 25.7 Å². The van der Waals surface area contributed by atoms with Crippen LogP contribution >= 0.6 is 0 Å². The van der Waals surface area contributed by atoms with E-state index in [2.05, 4.69) is 6.92 Å². The summed E-state index contributed by atoms with van der Waals surface area (Å²) in [7, 11) is -4.72. The van der Waals surface area contributed by atoms with Crippen molar-refractivity contribution < 1.29 is 76.9 Å². The van der Waals surface area contributed by atoms with E-state index in [4.69, 9.17) is 14.2 Å². The first-order valence-corrected chi connectivity index (χ1v) is 12.1. The van der Waals surface area contributed by atoms with E-state index in [1.807, 2.05) is 0 Å². The maximum absolute atomic E-state index is 11.7. The van der Waals surface area contributed by atoms with Crippen LogP contribution in [0.2, 0.25) is 0 Å². The molecular formula is C19H35NaO10S. The second-order valence-corrected chi connectivity index (χ2v) is 9.00. The molecule has 1 fully saturated rings. The first-order chi connectivity index (χ1) is 14.2. The maximum Gasteiger partial charge on any atom is 1.00 e. The van der Waals surface area contributed by atoms with Crippen molar-refractivity contribution in [3.63, 3.8) is 0 Å². The number of rotatable bonds is 15. The Hall–Kier alpha value is 0.180. The fourth-order valence-electron chi connectivity index (χ4n) is 3.14. The van der Waals surface area contributed by atoms with E-state index >= 15 is 0 Å². The Kier molecular flexibility index (Phi) is 16.8. The molecule has 0 unspecified atom stereocenters. The van der Waals surface area contributed by atoms with E-state index in [0.29, 0.717) is 12.8 Å². The molecule has 0 radical (unpaired) electrons. The smallest absolute Gasteiger partial charge is 0.748 e. The standard InChI is InChI=1S/C19H36O10S.Na/c1-2-3-4-5-6-7-8-10-15(20)27-11-9-12-28-19-18(23)17(22)16(21)14(29-19)13-30(24,25)26;/h14,16-19,21-23H,2-13H2,1H3,(H,24,25,26);/q;+1/p-1/t14-,16-,17+,18-,19+;/m1./s1. The second-order valence-electron chi connectivity index (χ2n) is 7.56. The number of hydrogen-bond acceptors (Lipinski definition) is 10. The van der Waals surface area contributed by atoms with Crippen molar-refractivity contribution in [1.29, 1.82) is 0 Å². The molecule has 1 aliphatic heterocycles. The van der Waals surface area contributed by atoms with Crippen LogP contribution in [0.25, 0.3) is 0 Å². The SMILES string of the molecule is CCCCCCCCCC(=O)OCCCO[C@H]1O[C@H](CS(=O)(=O)[O-])[C@@H](O)[C@H](O)[C@H]1O.[Na+]. The van der Waals surface area contributed by atoms with Crippen molar-refractivity contribution in [2.75, 3.05) is 19.0 Å². The summed E-state index contributed by atoms with van der Waals surface area (Å²) in [5.74, 6) is -1.36. The Morgan fingerprint density at radius 2 is 1.55 bits per heavy atom. The van der Waals surface area contributed by atoms with Crippen LogP contribution < -0.4 is 29.6 Å². The van der Waals surface area contributed by atoms with E-state index in [1.54, 1.807) is 0 Å². The number of unbranched alkanes of at least 4 members (excludes halogenated alkanes) is 6. The third-order valence-corrected chi connectivity index (χ3v) is 5.59. The molecule has 0 amide bonds. The largest absolute Gasteiger partial charge is 1.00 e. The third-order valence-electron chi connectivity index (χ3n) is 4.86. The quantitative estimate of drug-likeness (QED) is 0.0987. The monoisotopic (exact) mass is 478 g/mol. The van der Waals surface area contributed by atoms with Gasteiger partial charge < -0.3 is 34.1 Å². The Morgan fingerprint density at radius 3 is 2.16 bits per heavy atom. The minimum Gasteiger partial charge on any atom is -0.748 e. The van der Waals surface area contributed by atoms with Gasteiger partial charge in [-0.05, 0) is 6.42 Å². The summed E-state index contributed by atoms with van der Waals surface area (Å²) in [6, 6.07) is 0. The van der Waals surface area contributed by atoms with Crippen LogP contribution in [0, 0.1) is 0 Å². The summed E-state index contributed by atoms with van der Waals surface area (Å²) in [4.78, 5) is 11.7. The van der Waals surface area contributed by atoms with Crippen LogP contribution in [0.15, 0.2) is 0 Å². The molecule has 10 nitrogen and oxygen atoms in total. The first kappa shape index (κ1) is 31.2. The molecule has 0 saturated carbocycles. The number of carbonyl (C=O) groups excluding carboxylic acids is 1. The molecule has 31 heavy (non-hydrogen) atoms. The third kappa shape index (κ3) is 13.5. The van der Waals surface area contributed by atoms with Crippen LogP contribution in [0.4, 0.5) is 0 Å². The minimum atomic E-state index is -4.72. The van der Waals surface area contributed by atoms with E-state index in [0.717, 1.165) is 19.3 Å². The van der Waals surface area contributed by atoms with Gasteiger partial charge in [-0.2, -0.15) is 0 Å². The summed E-state index contributed by atoms with van der Waals surface area (Å²) >= 11 is 0. The van der Waals surface area contributed by atoms with Gasteiger partial charge in [0, 0.05) is 12.8 Å². The van der Waals surface area contributed by atoms with Gasteiger partial charge in [0.2, 0.25) is 0 Å². The molecule has 3 N–H and O–H groups in total. The molecular weight excluding hydrogens is 443 g/mol. The Bertz CT molecular complexity index is 588. The van der Waals surface area contributed by atoms with Crippen molar-refractivity contribution in [3.05, 3.63) is 0 Å². The number of ether oxygens (including phenoxy) is 3. The van der Waals surface area contributed by atoms with Gasteiger partial charge in [0.1, 0.15) is 24.4 Å². The summed E-state index contributed by atoms with van der Waals surface area (Å²) < 4.78 is 48.1. The molecule has 0 bridgehead atoms. The second kappa shape index (κ2) is 16.7. The fourth-order valence-corrected chi connectivity index (χ4v) is 3.81. The number of carbonyl (C=O) groups is 1. The average Bonchev–Trinajstić information content (AvgIpc) is 2.67. The van der Waals surface area contributed by atoms with Crippen LogP contribution in [-0.4, -0.2) is 83.9 Å². The zero-order chi connectivity index (χ0) is 22.6. The van der Waals surface area contributed by atoms with Crippen LogP contribution in [0.3, 0.4) is 0 Å². The van der Waals surface area contributed by atoms with Gasteiger partial charge in [0.05, 0.1) is 29.1 Å². The van der Waals surface area contributed by atoms with Gasteiger partial charge in [-0.15, -0.1) is 0 Å². The number of aliphatic hydroxyl groups is 3. The molecule has 0 aliphatic carbocycles. The van der Waals surface area contributed by atoms with Gasteiger partial charge in [-0.1, -0.05) is 45.4 Å². The normalized spacial score (nSPS) is 26.3. The Labute approximate surface area is 206 Å². The van der Waals surface area contributed by atoms with Crippen molar-refractivity contribution in [1.82, 2.24) is 0 Å². The van der Waals surface area contributed by atoms with Crippen molar-refractivity contribution >= 4 is 16.1 Å². The van der Waals surface area contributed by atoms with Gasteiger partial charge >= 0.3 is 35.5 Å². The fraction of sp³-hybridized carbons (Fsp3) is 0.947. The Balaban J connectivity index is 0.00000900. The van der Waals surface area contributed by atoms with Gasteiger partial charge in [-0.25, -0.2) is 8.42 Å². The molecule has 5 atom stereocenters. The molecule has 0 aromatic rings. The van der Waals surface area contributed by atoms with Crippen molar-refractivity contribution in [2.45, 2.75) is 95.4 Å². The van der Waals surface area contributed by atoms with Gasteiger partial charge in [0.15, 0.2) is 6.29 Å². The van der Waals surface area contributed by atoms with Gasteiger partial charge in [-0.3, -0.25) is 4.79 Å². The first-order valence-electron chi connectivity index (χ1n) is 10.6. The zero-order valence-electron chi connectivity index (χ0n) is 18.5. The van der Waals surface area contributed by atoms with Crippen LogP contribution in [-0.2, 0) is 29.1 Å². The van der Waals surface area contributed by atoms with E-state index < -0.39 is 46.6 Å². The Morgan fingerprint density at radius 1 is 0.935 bits per heavy atom. The molecule has 0 spiro atoms. The average molecular weight is 479 g/mol. The van der Waals surface area contributed by atoms with E-state index in [9.17, 15) is 33.1 Å². The predicted molar refractivity (Wildman–Crippen MR) is 105 cm³/mol. The number of hydrogen-bond donors (Lipinski definition) is 3. The minimum absolute atomic E-state index is 0. The predicted octanol–water partition coefficient (Wildman–Crippen LogP) is -2.57. The maximum atomic E-state index is 11.7. The topological polar surface area (TPSA) is 163 Å². The molecule has 0 aromatic carbocycles. The van der Waals surface area contributed by atoms with Crippen molar-refractivity contribution in [2.24, 2.45) is 0 Å². The summed E-state index contributed by atoms with van der Waals surface area (Å²) in [5, 5.41) is 29.4. The van der Waals surface area contributed by atoms with Crippen LogP contribution in [0.5, 0.6) is 0 Å². The molecule has 1 aliphatic rings. The molecule has 1 heterocycles.